The van der Waals surface area contributed by atoms with Crippen molar-refractivity contribution in [3.8, 4) is 11.6 Å². The molecule has 0 fully saturated rings. The molecule has 0 aliphatic rings. The van der Waals surface area contributed by atoms with Crippen molar-refractivity contribution in [2.75, 3.05) is 6.54 Å². The summed E-state index contributed by atoms with van der Waals surface area (Å²) in [5, 5.41) is 3.40. The summed E-state index contributed by atoms with van der Waals surface area (Å²) in [5.74, 6) is 2.12. The lowest BCUT2D eigenvalue weighted by molar-refractivity contribution is 0.548. The van der Waals surface area contributed by atoms with Gasteiger partial charge in [0, 0.05) is 31.7 Å². The van der Waals surface area contributed by atoms with Crippen LogP contribution in [0.2, 0.25) is 0 Å². The Hall–Kier alpha value is -1.75. The van der Waals surface area contributed by atoms with Gasteiger partial charge in [-0.05, 0) is 25.5 Å². The number of aromatic nitrogens is 4. The van der Waals surface area contributed by atoms with Gasteiger partial charge in [-0.15, -0.1) is 0 Å². The lowest BCUT2D eigenvalue weighted by Gasteiger charge is -2.09. The Kier molecular flexibility index (Phi) is 4.27. The van der Waals surface area contributed by atoms with Gasteiger partial charge in [0.1, 0.15) is 0 Å². The van der Waals surface area contributed by atoms with Crippen molar-refractivity contribution in [2.24, 2.45) is 13.0 Å². The molecule has 0 saturated carbocycles. The number of rotatable bonds is 5. The van der Waals surface area contributed by atoms with Gasteiger partial charge >= 0.3 is 0 Å². The molecule has 102 valence electrons. The van der Waals surface area contributed by atoms with E-state index in [4.69, 9.17) is 0 Å². The Morgan fingerprint density at radius 3 is 2.74 bits per heavy atom. The van der Waals surface area contributed by atoms with Crippen LogP contribution >= 0.6 is 0 Å². The lowest BCUT2D eigenvalue weighted by atomic mass is 10.2. The molecule has 0 unspecified atom stereocenters. The Morgan fingerprint density at radius 1 is 1.32 bits per heavy atom. The van der Waals surface area contributed by atoms with Gasteiger partial charge in [0.15, 0.2) is 11.6 Å². The summed E-state index contributed by atoms with van der Waals surface area (Å²) in [6.45, 7) is 8.12. The van der Waals surface area contributed by atoms with E-state index in [0.29, 0.717) is 11.7 Å². The monoisotopic (exact) mass is 259 g/mol. The van der Waals surface area contributed by atoms with Gasteiger partial charge in [0.25, 0.3) is 0 Å². The fourth-order valence-electron chi connectivity index (χ4n) is 1.89. The first-order valence-electron chi connectivity index (χ1n) is 6.59. The first-order valence-corrected chi connectivity index (χ1v) is 6.59. The van der Waals surface area contributed by atoms with Crippen LogP contribution in [0, 0.1) is 12.8 Å². The molecule has 0 atom stereocenters. The van der Waals surface area contributed by atoms with Gasteiger partial charge in [0.05, 0.1) is 5.69 Å². The van der Waals surface area contributed by atoms with E-state index in [1.807, 2.05) is 30.8 Å². The van der Waals surface area contributed by atoms with Crippen molar-refractivity contribution < 1.29 is 0 Å². The Bertz CT molecular complexity index is 545. The smallest absolute Gasteiger partial charge is 0.196 e. The molecular weight excluding hydrogens is 238 g/mol. The molecule has 19 heavy (non-hydrogen) atoms. The number of hydrogen-bond donors (Lipinski definition) is 1. The number of nitrogens with zero attached hydrogens (tertiary/aromatic N) is 4. The van der Waals surface area contributed by atoms with Gasteiger partial charge in [-0.1, -0.05) is 13.8 Å². The van der Waals surface area contributed by atoms with Gasteiger partial charge in [-0.3, -0.25) is 0 Å². The van der Waals surface area contributed by atoms with Crippen LogP contribution in [0.15, 0.2) is 18.5 Å². The van der Waals surface area contributed by atoms with Crippen LogP contribution in [0.4, 0.5) is 0 Å². The summed E-state index contributed by atoms with van der Waals surface area (Å²) in [4.78, 5) is 13.3. The second kappa shape index (κ2) is 5.93. The zero-order chi connectivity index (χ0) is 13.8. The summed E-state index contributed by atoms with van der Waals surface area (Å²) in [7, 11) is 1.95. The highest BCUT2D eigenvalue weighted by Gasteiger charge is 2.09. The molecule has 1 N–H and O–H groups in total. The molecule has 2 aromatic heterocycles. The van der Waals surface area contributed by atoms with Crippen LogP contribution in [0.5, 0.6) is 0 Å². The van der Waals surface area contributed by atoms with Gasteiger partial charge < -0.3 is 9.88 Å². The second-order valence-corrected chi connectivity index (χ2v) is 5.21. The maximum Gasteiger partial charge on any atom is 0.196 e. The molecule has 0 aliphatic heterocycles. The van der Waals surface area contributed by atoms with Gasteiger partial charge in [0.2, 0.25) is 0 Å². The van der Waals surface area contributed by atoms with Crippen molar-refractivity contribution in [3.63, 3.8) is 0 Å². The fourth-order valence-corrected chi connectivity index (χ4v) is 1.89. The summed E-state index contributed by atoms with van der Waals surface area (Å²) in [6.07, 6.45) is 3.66. The van der Waals surface area contributed by atoms with Crippen LogP contribution in [0.3, 0.4) is 0 Å². The molecule has 2 aromatic rings. The molecule has 5 nitrogen and oxygen atoms in total. The summed E-state index contributed by atoms with van der Waals surface area (Å²) in [6, 6.07) is 2.01. The fraction of sp³-hybridized carbons (Fsp3) is 0.500. The summed E-state index contributed by atoms with van der Waals surface area (Å²) < 4.78 is 1.93. The molecule has 0 aliphatic carbocycles. The minimum atomic E-state index is 0.636. The maximum atomic E-state index is 4.58. The van der Waals surface area contributed by atoms with Crippen molar-refractivity contribution >= 4 is 0 Å². The van der Waals surface area contributed by atoms with Crippen molar-refractivity contribution in [1.29, 1.82) is 0 Å². The predicted molar refractivity (Wildman–Crippen MR) is 75.5 cm³/mol. The van der Waals surface area contributed by atoms with E-state index in [1.165, 1.54) is 0 Å². The Balaban J connectivity index is 2.18. The average molecular weight is 259 g/mol. The van der Waals surface area contributed by atoms with Crippen molar-refractivity contribution in [2.45, 2.75) is 27.3 Å². The van der Waals surface area contributed by atoms with Crippen molar-refractivity contribution in [3.05, 3.63) is 29.8 Å². The maximum absolute atomic E-state index is 4.58. The molecule has 0 amide bonds. The molecule has 2 rings (SSSR count). The molecule has 5 heteroatoms. The molecule has 0 radical (unpaired) electrons. The molecule has 0 bridgehead atoms. The van der Waals surface area contributed by atoms with Gasteiger partial charge in [-0.25, -0.2) is 15.0 Å². The Labute approximate surface area is 114 Å². The second-order valence-electron chi connectivity index (χ2n) is 5.21. The van der Waals surface area contributed by atoms with E-state index in [2.05, 4.69) is 34.1 Å². The standard InChI is InChI=1S/C14H21N5/c1-10(2)8-15-9-12-7-11(3)17-13(18-12)14-16-5-6-19(14)4/h5-7,10,15H,8-9H2,1-4H3. The highest BCUT2D eigenvalue weighted by molar-refractivity contribution is 5.44. The number of imidazole rings is 1. The highest BCUT2D eigenvalue weighted by atomic mass is 15.1. The van der Waals surface area contributed by atoms with E-state index < -0.39 is 0 Å². The third-order valence-electron chi connectivity index (χ3n) is 2.79. The Morgan fingerprint density at radius 2 is 2.11 bits per heavy atom. The third kappa shape index (κ3) is 3.61. The summed E-state index contributed by atoms with van der Waals surface area (Å²) in [5.41, 5.74) is 1.97. The van der Waals surface area contributed by atoms with Crippen LogP contribution < -0.4 is 5.32 Å². The quantitative estimate of drug-likeness (QED) is 0.891. The van der Waals surface area contributed by atoms with Crippen molar-refractivity contribution in [1.82, 2.24) is 24.8 Å². The SMILES string of the molecule is Cc1cc(CNCC(C)C)nc(-c2nccn2C)n1. The van der Waals surface area contributed by atoms with E-state index in [1.54, 1.807) is 6.20 Å². The average Bonchev–Trinajstić information content (AvgIpc) is 2.74. The molecule has 0 spiro atoms. The molecule has 0 aromatic carbocycles. The van der Waals surface area contributed by atoms with Crippen LogP contribution in [-0.4, -0.2) is 26.1 Å². The zero-order valence-corrected chi connectivity index (χ0v) is 12.0. The van der Waals surface area contributed by atoms with E-state index in [9.17, 15) is 0 Å². The van der Waals surface area contributed by atoms with Crippen LogP contribution in [0.25, 0.3) is 11.6 Å². The molecule has 0 saturated heterocycles. The minimum Gasteiger partial charge on any atom is -0.331 e. The first kappa shape index (κ1) is 13.7. The third-order valence-corrected chi connectivity index (χ3v) is 2.79. The van der Waals surface area contributed by atoms with E-state index in [0.717, 1.165) is 30.3 Å². The lowest BCUT2D eigenvalue weighted by Crippen LogP contribution is -2.20. The predicted octanol–water partition coefficient (Wildman–Crippen LogP) is 1.93. The zero-order valence-electron chi connectivity index (χ0n) is 12.0. The van der Waals surface area contributed by atoms with E-state index >= 15 is 0 Å². The van der Waals surface area contributed by atoms with Gasteiger partial charge in [-0.2, -0.15) is 0 Å². The molecular formula is C14H21N5. The number of aryl methyl sites for hydroxylation is 2. The first-order chi connectivity index (χ1) is 9.06. The highest BCUT2D eigenvalue weighted by Crippen LogP contribution is 2.13. The van der Waals surface area contributed by atoms with E-state index in [-0.39, 0.29) is 0 Å². The normalized spacial score (nSPS) is 11.2. The minimum absolute atomic E-state index is 0.636. The molecule has 2 heterocycles. The largest absolute Gasteiger partial charge is 0.331 e. The number of hydrogen-bond acceptors (Lipinski definition) is 4. The summed E-state index contributed by atoms with van der Waals surface area (Å²) >= 11 is 0. The van der Waals surface area contributed by atoms with Crippen LogP contribution in [0.1, 0.15) is 25.2 Å². The van der Waals surface area contributed by atoms with Crippen LogP contribution in [-0.2, 0) is 13.6 Å². The number of nitrogens with one attached hydrogen (secondary N) is 1. The topological polar surface area (TPSA) is 55.6 Å².